The third-order valence-corrected chi connectivity index (χ3v) is 1.70. The van der Waals surface area contributed by atoms with E-state index in [4.69, 9.17) is 4.84 Å². The first-order valence-electron chi connectivity index (χ1n) is 4.22. The van der Waals surface area contributed by atoms with Crippen LogP contribution >= 0.6 is 0 Å². The Morgan fingerprint density at radius 2 is 2.00 bits per heavy atom. The smallest absolute Gasteiger partial charge is 0.433 e. The molecule has 1 aromatic rings. The lowest BCUT2D eigenvalue weighted by atomic mass is 10.2. The Morgan fingerprint density at radius 1 is 1.36 bits per heavy atom. The minimum Gasteiger partial charge on any atom is -0.451 e. The summed E-state index contributed by atoms with van der Waals surface area (Å²) in [6.45, 7) is 0.354. The van der Waals surface area contributed by atoms with Gasteiger partial charge < -0.3 is 4.74 Å². The monoisotopic (exact) mass is 195 g/mol. The minimum atomic E-state index is -0.513. The lowest BCUT2D eigenvalue weighted by Gasteiger charge is -2.14. The summed E-state index contributed by atoms with van der Waals surface area (Å²) in [5.74, 6) is 0. The van der Waals surface area contributed by atoms with E-state index in [1.165, 1.54) is 14.2 Å². The van der Waals surface area contributed by atoms with E-state index in [9.17, 15) is 4.79 Å². The Kier molecular flexibility index (Phi) is 3.94. The molecule has 1 rings (SSSR count). The highest BCUT2D eigenvalue weighted by Gasteiger charge is 2.07. The van der Waals surface area contributed by atoms with Crippen LogP contribution in [-0.4, -0.2) is 25.3 Å². The molecular formula is C10H13NO3. The predicted molar refractivity (Wildman–Crippen MR) is 51.4 cm³/mol. The van der Waals surface area contributed by atoms with E-state index < -0.39 is 6.09 Å². The standard InChI is InChI=1S/C10H13NO3/c1-11(10(12)13-2)14-8-9-6-4-3-5-7-9/h3-7H,8H2,1-2H3. The van der Waals surface area contributed by atoms with Gasteiger partial charge in [-0.1, -0.05) is 30.3 Å². The summed E-state index contributed by atoms with van der Waals surface area (Å²) in [6, 6.07) is 9.59. The molecule has 0 aliphatic carbocycles. The zero-order valence-corrected chi connectivity index (χ0v) is 8.27. The van der Waals surface area contributed by atoms with Gasteiger partial charge in [0.05, 0.1) is 7.11 Å². The van der Waals surface area contributed by atoms with Crippen LogP contribution in [0.15, 0.2) is 30.3 Å². The van der Waals surface area contributed by atoms with Gasteiger partial charge >= 0.3 is 6.09 Å². The van der Waals surface area contributed by atoms with Gasteiger partial charge in [-0.3, -0.25) is 4.84 Å². The second-order valence-electron chi connectivity index (χ2n) is 2.73. The van der Waals surface area contributed by atoms with Gasteiger partial charge in [-0.2, -0.15) is 5.06 Å². The SMILES string of the molecule is COC(=O)N(C)OCc1ccccc1. The van der Waals surface area contributed by atoms with Crippen molar-refractivity contribution in [2.45, 2.75) is 6.61 Å². The number of carbonyl (C=O) groups is 1. The van der Waals surface area contributed by atoms with Crippen LogP contribution in [-0.2, 0) is 16.2 Å². The Morgan fingerprint density at radius 3 is 2.57 bits per heavy atom. The summed E-state index contributed by atoms with van der Waals surface area (Å²) in [7, 11) is 2.82. The average molecular weight is 195 g/mol. The average Bonchev–Trinajstić information content (AvgIpc) is 2.26. The molecule has 14 heavy (non-hydrogen) atoms. The fourth-order valence-corrected chi connectivity index (χ4v) is 0.927. The summed E-state index contributed by atoms with van der Waals surface area (Å²) < 4.78 is 4.46. The van der Waals surface area contributed by atoms with Crippen LogP contribution in [0, 0.1) is 0 Å². The molecule has 0 radical (unpaired) electrons. The topological polar surface area (TPSA) is 38.8 Å². The highest BCUT2D eigenvalue weighted by molar-refractivity contribution is 5.65. The van der Waals surface area contributed by atoms with E-state index in [0.717, 1.165) is 10.6 Å². The van der Waals surface area contributed by atoms with Crippen molar-refractivity contribution >= 4 is 6.09 Å². The molecular weight excluding hydrogens is 182 g/mol. The molecule has 4 nitrogen and oxygen atoms in total. The number of methoxy groups -OCH3 is 1. The van der Waals surface area contributed by atoms with Crippen LogP contribution in [0.4, 0.5) is 4.79 Å². The number of hydrogen-bond donors (Lipinski definition) is 0. The normalized spacial score (nSPS) is 9.57. The Balaban J connectivity index is 2.38. The van der Waals surface area contributed by atoms with Gasteiger partial charge in [0.25, 0.3) is 0 Å². The van der Waals surface area contributed by atoms with Crippen molar-refractivity contribution in [1.82, 2.24) is 5.06 Å². The molecule has 0 aliphatic heterocycles. The number of hydrogen-bond acceptors (Lipinski definition) is 3. The first-order chi connectivity index (χ1) is 6.74. The molecule has 0 fully saturated rings. The van der Waals surface area contributed by atoms with Crippen molar-refractivity contribution in [3.05, 3.63) is 35.9 Å². The number of nitrogens with zero attached hydrogens (tertiary/aromatic N) is 1. The zero-order valence-electron chi connectivity index (χ0n) is 8.27. The van der Waals surface area contributed by atoms with Crippen molar-refractivity contribution in [3.8, 4) is 0 Å². The zero-order chi connectivity index (χ0) is 10.4. The Hall–Kier alpha value is -1.55. The van der Waals surface area contributed by atoms with Crippen LogP contribution in [0.2, 0.25) is 0 Å². The highest BCUT2D eigenvalue weighted by atomic mass is 16.7. The van der Waals surface area contributed by atoms with E-state index in [-0.39, 0.29) is 0 Å². The fourth-order valence-electron chi connectivity index (χ4n) is 0.927. The Labute approximate surface area is 83.0 Å². The number of amides is 1. The van der Waals surface area contributed by atoms with Crippen LogP contribution in [0.1, 0.15) is 5.56 Å². The summed E-state index contributed by atoms with van der Waals surface area (Å²) in [4.78, 5) is 16.1. The first-order valence-corrected chi connectivity index (χ1v) is 4.22. The lowest BCUT2D eigenvalue weighted by Crippen LogP contribution is -2.26. The van der Waals surface area contributed by atoms with E-state index >= 15 is 0 Å². The molecule has 0 bridgehead atoms. The molecule has 1 amide bonds. The number of hydroxylamine groups is 2. The van der Waals surface area contributed by atoms with Gasteiger partial charge in [0.1, 0.15) is 6.61 Å². The number of rotatable bonds is 3. The molecule has 0 N–H and O–H groups in total. The minimum absolute atomic E-state index is 0.354. The third-order valence-electron chi connectivity index (χ3n) is 1.70. The maximum atomic E-state index is 10.9. The summed E-state index contributed by atoms with van der Waals surface area (Å²) >= 11 is 0. The molecule has 0 aromatic heterocycles. The van der Waals surface area contributed by atoms with E-state index in [1.807, 2.05) is 30.3 Å². The largest absolute Gasteiger partial charge is 0.451 e. The third kappa shape index (κ3) is 3.06. The van der Waals surface area contributed by atoms with Crippen molar-refractivity contribution in [3.63, 3.8) is 0 Å². The molecule has 0 saturated carbocycles. The van der Waals surface area contributed by atoms with Crippen molar-refractivity contribution in [1.29, 1.82) is 0 Å². The fraction of sp³-hybridized carbons (Fsp3) is 0.300. The Bertz CT molecular complexity index is 287. The number of benzene rings is 1. The maximum absolute atomic E-state index is 10.9. The summed E-state index contributed by atoms with van der Waals surface area (Å²) in [5, 5.41) is 1.06. The molecule has 0 aliphatic rings. The second kappa shape index (κ2) is 5.24. The van der Waals surface area contributed by atoms with Crippen molar-refractivity contribution < 1.29 is 14.4 Å². The summed E-state index contributed by atoms with van der Waals surface area (Å²) in [6.07, 6.45) is -0.513. The van der Waals surface area contributed by atoms with Gasteiger partial charge in [0, 0.05) is 7.05 Å². The summed E-state index contributed by atoms with van der Waals surface area (Å²) in [5.41, 5.74) is 1.00. The molecule has 1 aromatic carbocycles. The van der Waals surface area contributed by atoms with Gasteiger partial charge in [-0.25, -0.2) is 4.79 Å². The maximum Gasteiger partial charge on any atom is 0.433 e. The highest BCUT2D eigenvalue weighted by Crippen LogP contribution is 2.02. The van der Waals surface area contributed by atoms with Crippen LogP contribution in [0.3, 0.4) is 0 Å². The number of carbonyl (C=O) groups excluding carboxylic acids is 1. The van der Waals surface area contributed by atoms with E-state index in [2.05, 4.69) is 4.74 Å². The molecule has 76 valence electrons. The predicted octanol–water partition coefficient (Wildman–Crippen LogP) is 1.82. The van der Waals surface area contributed by atoms with Gasteiger partial charge in [0.2, 0.25) is 0 Å². The molecule has 0 spiro atoms. The van der Waals surface area contributed by atoms with Crippen LogP contribution < -0.4 is 0 Å². The quantitative estimate of drug-likeness (QED) is 0.690. The molecule has 0 unspecified atom stereocenters. The van der Waals surface area contributed by atoms with Gasteiger partial charge in [-0.15, -0.1) is 0 Å². The molecule has 4 heteroatoms. The van der Waals surface area contributed by atoms with Gasteiger partial charge in [-0.05, 0) is 5.56 Å². The van der Waals surface area contributed by atoms with Crippen molar-refractivity contribution in [2.75, 3.05) is 14.2 Å². The lowest BCUT2D eigenvalue weighted by molar-refractivity contribution is -0.126. The van der Waals surface area contributed by atoms with Gasteiger partial charge in [0.15, 0.2) is 0 Å². The van der Waals surface area contributed by atoms with Crippen LogP contribution in [0.25, 0.3) is 0 Å². The molecule has 0 saturated heterocycles. The second-order valence-corrected chi connectivity index (χ2v) is 2.73. The van der Waals surface area contributed by atoms with Crippen molar-refractivity contribution in [2.24, 2.45) is 0 Å². The molecule has 0 heterocycles. The van der Waals surface area contributed by atoms with E-state index in [1.54, 1.807) is 0 Å². The number of ether oxygens (including phenoxy) is 1. The first kappa shape index (κ1) is 10.5. The van der Waals surface area contributed by atoms with E-state index in [0.29, 0.717) is 6.61 Å². The molecule has 0 atom stereocenters. The van der Waals surface area contributed by atoms with Crippen LogP contribution in [0.5, 0.6) is 0 Å².